The van der Waals surface area contributed by atoms with Gasteiger partial charge in [-0.25, -0.2) is 4.98 Å². The molecule has 1 heterocycles. The Morgan fingerprint density at radius 3 is 3.00 bits per heavy atom. The third-order valence-electron chi connectivity index (χ3n) is 1.71. The molecule has 0 radical (unpaired) electrons. The molecule has 0 aliphatic heterocycles. The highest BCUT2D eigenvalue weighted by Crippen LogP contribution is 2.25. The third-order valence-corrected chi connectivity index (χ3v) is 2.32. The van der Waals surface area contributed by atoms with Crippen LogP contribution in [0, 0.1) is 6.92 Å². The van der Waals surface area contributed by atoms with E-state index in [1.807, 2.05) is 0 Å². The first-order valence-electron chi connectivity index (χ1n) is 3.72. The minimum Gasteiger partial charge on any atom is -0.441 e. The van der Waals surface area contributed by atoms with Crippen LogP contribution in [0.1, 0.15) is 16.2 Å². The van der Waals surface area contributed by atoms with Crippen LogP contribution in [-0.4, -0.2) is 11.3 Å². The molecule has 2 rings (SSSR count). The zero-order valence-electron chi connectivity index (χ0n) is 6.87. The Bertz CT molecular complexity index is 476. The highest BCUT2D eigenvalue weighted by molar-refractivity contribution is 9.10. The molecule has 0 saturated carbocycles. The summed E-state index contributed by atoms with van der Waals surface area (Å²) in [4.78, 5) is 14.7. The summed E-state index contributed by atoms with van der Waals surface area (Å²) in [6.07, 6.45) is 0.780. The van der Waals surface area contributed by atoms with Crippen LogP contribution in [0.4, 0.5) is 0 Å². The lowest BCUT2D eigenvalue weighted by atomic mass is 10.2. The Morgan fingerprint density at radius 1 is 1.54 bits per heavy atom. The number of aldehydes is 1. The minimum atomic E-state index is 0.579. The van der Waals surface area contributed by atoms with Crippen molar-refractivity contribution in [3.8, 4) is 0 Å². The molecular formula is C9H6BrNO2. The lowest BCUT2D eigenvalue weighted by Gasteiger charge is -1.92. The van der Waals surface area contributed by atoms with Crippen molar-refractivity contribution in [2.24, 2.45) is 0 Å². The first-order chi connectivity index (χ1) is 6.20. The molecule has 4 heteroatoms. The Hall–Kier alpha value is -1.16. The lowest BCUT2D eigenvalue weighted by Crippen LogP contribution is -1.80. The van der Waals surface area contributed by atoms with Gasteiger partial charge in [0.1, 0.15) is 11.8 Å². The van der Waals surface area contributed by atoms with E-state index < -0.39 is 0 Å². The van der Waals surface area contributed by atoms with Gasteiger partial charge in [0.25, 0.3) is 0 Å². The fourth-order valence-electron chi connectivity index (χ4n) is 1.19. The van der Waals surface area contributed by atoms with Crippen molar-refractivity contribution in [3.63, 3.8) is 0 Å². The average Bonchev–Trinajstić information content (AvgIpc) is 2.46. The van der Waals surface area contributed by atoms with Crippen LogP contribution in [0.5, 0.6) is 0 Å². The second kappa shape index (κ2) is 2.96. The molecule has 0 saturated heterocycles. The molecule has 13 heavy (non-hydrogen) atoms. The molecule has 0 unspecified atom stereocenters. The van der Waals surface area contributed by atoms with Crippen LogP contribution in [0.2, 0.25) is 0 Å². The summed E-state index contributed by atoms with van der Waals surface area (Å²) in [5, 5.41) is 0. The second-order valence-corrected chi connectivity index (χ2v) is 3.55. The molecule has 66 valence electrons. The van der Waals surface area contributed by atoms with Crippen molar-refractivity contribution in [2.45, 2.75) is 6.92 Å². The van der Waals surface area contributed by atoms with E-state index in [0.717, 1.165) is 16.3 Å². The summed E-state index contributed by atoms with van der Waals surface area (Å²) in [5.74, 6) is 0.596. The number of nitrogens with zero attached hydrogens (tertiary/aromatic N) is 1. The number of oxazole rings is 1. The first-order valence-corrected chi connectivity index (χ1v) is 4.52. The molecule has 0 aliphatic carbocycles. The standard InChI is InChI=1S/C9H6BrNO2/c1-5-11-9-7(10)2-6(4-12)3-8(9)13-5/h2-4H,1H3. The van der Waals surface area contributed by atoms with Gasteiger partial charge >= 0.3 is 0 Å². The van der Waals surface area contributed by atoms with Crippen molar-refractivity contribution >= 4 is 33.3 Å². The van der Waals surface area contributed by atoms with Gasteiger partial charge in [-0.1, -0.05) is 0 Å². The van der Waals surface area contributed by atoms with Crippen molar-refractivity contribution in [1.29, 1.82) is 0 Å². The van der Waals surface area contributed by atoms with E-state index in [0.29, 0.717) is 17.0 Å². The molecule has 0 spiro atoms. The SMILES string of the molecule is Cc1nc2c(Br)cc(C=O)cc2o1. The number of carbonyl (C=O) groups excluding carboxylic acids is 1. The molecule has 2 aromatic rings. The van der Waals surface area contributed by atoms with Gasteiger partial charge in [0.05, 0.1) is 0 Å². The van der Waals surface area contributed by atoms with Crippen molar-refractivity contribution in [1.82, 2.24) is 4.98 Å². The highest BCUT2D eigenvalue weighted by atomic mass is 79.9. The predicted octanol–water partition coefficient (Wildman–Crippen LogP) is 2.71. The summed E-state index contributed by atoms with van der Waals surface area (Å²) in [7, 11) is 0. The molecule has 0 atom stereocenters. The summed E-state index contributed by atoms with van der Waals surface area (Å²) in [6.45, 7) is 1.77. The quantitative estimate of drug-likeness (QED) is 0.719. The van der Waals surface area contributed by atoms with Gasteiger partial charge in [-0.2, -0.15) is 0 Å². The van der Waals surface area contributed by atoms with Gasteiger partial charge in [-0.3, -0.25) is 4.79 Å². The van der Waals surface area contributed by atoms with Gasteiger partial charge in [0.2, 0.25) is 0 Å². The summed E-state index contributed by atoms with van der Waals surface area (Å²) in [5.41, 5.74) is 1.97. The maximum atomic E-state index is 10.5. The second-order valence-electron chi connectivity index (χ2n) is 2.70. The molecule has 0 aliphatic rings. The monoisotopic (exact) mass is 239 g/mol. The van der Waals surface area contributed by atoms with Crippen LogP contribution in [-0.2, 0) is 0 Å². The van der Waals surface area contributed by atoms with Crippen molar-refractivity contribution in [3.05, 3.63) is 28.1 Å². The number of carbonyl (C=O) groups is 1. The summed E-state index contributed by atoms with van der Waals surface area (Å²) < 4.78 is 6.07. The largest absolute Gasteiger partial charge is 0.441 e. The third kappa shape index (κ3) is 1.37. The zero-order chi connectivity index (χ0) is 9.42. The van der Waals surface area contributed by atoms with Crippen molar-refractivity contribution in [2.75, 3.05) is 0 Å². The summed E-state index contributed by atoms with van der Waals surface area (Å²) >= 11 is 3.32. The van der Waals surface area contributed by atoms with E-state index in [1.54, 1.807) is 19.1 Å². The zero-order valence-corrected chi connectivity index (χ0v) is 8.46. The van der Waals surface area contributed by atoms with Crippen LogP contribution in [0.15, 0.2) is 21.0 Å². The maximum Gasteiger partial charge on any atom is 0.192 e. The van der Waals surface area contributed by atoms with E-state index in [2.05, 4.69) is 20.9 Å². The smallest absolute Gasteiger partial charge is 0.192 e. The normalized spacial score (nSPS) is 10.6. The van der Waals surface area contributed by atoms with E-state index in [1.165, 1.54) is 0 Å². The Labute approximate surface area is 82.9 Å². The predicted molar refractivity (Wildman–Crippen MR) is 51.8 cm³/mol. The average molecular weight is 240 g/mol. The van der Waals surface area contributed by atoms with Gasteiger partial charge in [-0.15, -0.1) is 0 Å². The molecule has 1 aromatic heterocycles. The summed E-state index contributed by atoms with van der Waals surface area (Å²) in [6, 6.07) is 3.39. The molecule has 0 amide bonds. The van der Waals surface area contributed by atoms with Crippen LogP contribution < -0.4 is 0 Å². The number of hydrogen-bond donors (Lipinski definition) is 0. The van der Waals surface area contributed by atoms with Gasteiger partial charge in [0, 0.05) is 17.0 Å². The van der Waals surface area contributed by atoms with Gasteiger partial charge in [0.15, 0.2) is 11.5 Å². The van der Waals surface area contributed by atoms with Crippen LogP contribution >= 0.6 is 15.9 Å². The fraction of sp³-hybridized carbons (Fsp3) is 0.111. The number of fused-ring (bicyclic) bond motifs is 1. The van der Waals surface area contributed by atoms with E-state index in [9.17, 15) is 4.79 Å². The Balaban J connectivity index is 2.82. The van der Waals surface area contributed by atoms with E-state index in [4.69, 9.17) is 4.42 Å². The molecule has 0 fully saturated rings. The topological polar surface area (TPSA) is 43.1 Å². The van der Waals surface area contributed by atoms with Gasteiger partial charge in [-0.05, 0) is 28.1 Å². The first kappa shape index (κ1) is 8.44. The Morgan fingerprint density at radius 2 is 2.31 bits per heavy atom. The molecular weight excluding hydrogens is 234 g/mol. The van der Waals surface area contributed by atoms with E-state index >= 15 is 0 Å². The molecule has 0 bridgehead atoms. The van der Waals surface area contributed by atoms with Crippen LogP contribution in [0.3, 0.4) is 0 Å². The Kier molecular flexibility index (Phi) is 1.92. The lowest BCUT2D eigenvalue weighted by molar-refractivity contribution is 0.112. The number of halogens is 1. The van der Waals surface area contributed by atoms with Crippen molar-refractivity contribution < 1.29 is 9.21 Å². The molecule has 3 nitrogen and oxygen atoms in total. The minimum absolute atomic E-state index is 0.579. The molecule has 0 N–H and O–H groups in total. The number of aryl methyl sites for hydroxylation is 1. The van der Waals surface area contributed by atoms with Gasteiger partial charge < -0.3 is 4.42 Å². The number of rotatable bonds is 1. The van der Waals surface area contributed by atoms with Crippen LogP contribution in [0.25, 0.3) is 11.1 Å². The van der Waals surface area contributed by atoms with E-state index in [-0.39, 0.29) is 0 Å². The number of hydrogen-bond acceptors (Lipinski definition) is 3. The molecule has 1 aromatic carbocycles. The number of aromatic nitrogens is 1. The number of benzene rings is 1. The maximum absolute atomic E-state index is 10.5. The highest BCUT2D eigenvalue weighted by Gasteiger charge is 2.07. The fourth-order valence-corrected chi connectivity index (χ4v) is 1.74.